The lowest BCUT2D eigenvalue weighted by molar-refractivity contribution is 1.38. The van der Waals surface area contributed by atoms with E-state index in [4.69, 9.17) is 0 Å². The summed E-state index contributed by atoms with van der Waals surface area (Å²) in [4.78, 5) is 1.31. The third-order valence-corrected chi connectivity index (χ3v) is 3.42. The molecule has 0 aliphatic heterocycles. The summed E-state index contributed by atoms with van der Waals surface area (Å²) in [6.07, 6.45) is 1.89. The molecule has 0 aromatic heterocycles. The van der Waals surface area contributed by atoms with Crippen LogP contribution >= 0.6 is 11.8 Å². The number of hydrogen-bond acceptors (Lipinski definition) is 1. The summed E-state index contributed by atoms with van der Waals surface area (Å²) >= 11 is 1.86. The fourth-order valence-corrected chi connectivity index (χ4v) is 2.36. The van der Waals surface area contributed by atoms with E-state index in [0.29, 0.717) is 0 Å². The minimum atomic E-state index is 1.01. The van der Waals surface area contributed by atoms with Crippen molar-refractivity contribution in [3.63, 3.8) is 0 Å². The molecule has 0 unspecified atom stereocenters. The van der Waals surface area contributed by atoms with Crippen molar-refractivity contribution in [3.05, 3.63) is 72.3 Å². The third-order valence-electron chi connectivity index (χ3n) is 2.34. The van der Waals surface area contributed by atoms with Crippen molar-refractivity contribution < 1.29 is 0 Å². The molecular weight excluding hydrogens is 212 g/mol. The van der Waals surface area contributed by atoms with E-state index in [1.165, 1.54) is 16.0 Å². The first-order chi connectivity index (χ1) is 7.88. The molecule has 16 heavy (non-hydrogen) atoms. The van der Waals surface area contributed by atoms with E-state index in [2.05, 4.69) is 55.1 Å². The van der Waals surface area contributed by atoms with Crippen molar-refractivity contribution in [2.75, 3.05) is 0 Å². The highest BCUT2D eigenvalue weighted by Crippen LogP contribution is 2.22. The van der Waals surface area contributed by atoms with E-state index in [1.807, 2.05) is 23.9 Å². The first-order valence-corrected chi connectivity index (χ1v) is 6.26. The van der Waals surface area contributed by atoms with Gasteiger partial charge in [-0.25, -0.2) is 0 Å². The van der Waals surface area contributed by atoms with Gasteiger partial charge in [-0.15, -0.1) is 11.8 Å². The highest BCUT2D eigenvalue weighted by Gasteiger charge is 1.96. The summed E-state index contributed by atoms with van der Waals surface area (Å²) in [5, 5.41) is 0. The van der Waals surface area contributed by atoms with Crippen molar-refractivity contribution in [3.8, 4) is 0 Å². The van der Waals surface area contributed by atoms with Crippen LogP contribution in [0.15, 0.2) is 66.1 Å². The van der Waals surface area contributed by atoms with Crippen LogP contribution < -0.4 is 0 Å². The van der Waals surface area contributed by atoms with Crippen LogP contribution in [0.2, 0.25) is 0 Å². The molecule has 0 nitrogen and oxygen atoms in total. The third kappa shape index (κ3) is 3.01. The van der Waals surface area contributed by atoms with Gasteiger partial charge < -0.3 is 0 Å². The molecule has 0 heterocycles. The minimum Gasteiger partial charge on any atom is -0.121 e. The van der Waals surface area contributed by atoms with Gasteiger partial charge in [0.1, 0.15) is 0 Å². The van der Waals surface area contributed by atoms with Crippen LogP contribution in [0.3, 0.4) is 0 Å². The predicted octanol–water partition coefficient (Wildman–Crippen LogP) is 4.62. The highest BCUT2D eigenvalue weighted by atomic mass is 32.2. The minimum absolute atomic E-state index is 1.01. The first kappa shape index (κ1) is 11.0. The van der Waals surface area contributed by atoms with Gasteiger partial charge in [0, 0.05) is 10.6 Å². The molecule has 0 bridgehead atoms. The van der Waals surface area contributed by atoms with Gasteiger partial charge in [0.2, 0.25) is 0 Å². The fourth-order valence-electron chi connectivity index (χ4n) is 1.49. The molecule has 0 fully saturated rings. The Hall–Kier alpha value is -1.47. The van der Waals surface area contributed by atoms with E-state index in [9.17, 15) is 0 Å². The molecule has 0 N–H and O–H groups in total. The molecule has 2 aromatic carbocycles. The largest absolute Gasteiger partial charge is 0.121 e. The zero-order chi connectivity index (χ0) is 11.2. The summed E-state index contributed by atoms with van der Waals surface area (Å²) in [5.74, 6) is 1.01. The topological polar surface area (TPSA) is 0 Å². The Morgan fingerprint density at radius 3 is 2.56 bits per heavy atom. The van der Waals surface area contributed by atoms with Gasteiger partial charge in [0.25, 0.3) is 0 Å². The van der Waals surface area contributed by atoms with Crippen LogP contribution in [-0.4, -0.2) is 0 Å². The van der Waals surface area contributed by atoms with Gasteiger partial charge in [-0.05, 0) is 23.3 Å². The molecular formula is C15H14S. The number of hydrogen-bond donors (Lipinski definition) is 0. The predicted molar refractivity (Wildman–Crippen MR) is 72.5 cm³/mol. The van der Waals surface area contributed by atoms with E-state index in [1.54, 1.807) is 0 Å². The fraction of sp³-hybridized carbons (Fsp3) is 0.0667. The van der Waals surface area contributed by atoms with Crippen molar-refractivity contribution in [1.29, 1.82) is 0 Å². The Kier molecular flexibility index (Phi) is 3.84. The van der Waals surface area contributed by atoms with Crippen LogP contribution in [-0.2, 0) is 5.75 Å². The van der Waals surface area contributed by atoms with Gasteiger partial charge in [-0.2, -0.15) is 0 Å². The van der Waals surface area contributed by atoms with Gasteiger partial charge in [0.05, 0.1) is 0 Å². The van der Waals surface area contributed by atoms with E-state index >= 15 is 0 Å². The average Bonchev–Trinajstić information content (AvgIpc) is 2.38. The Labute approximate surface area is 101 Å². The van der Waals surface area contributed by atoms with Gasteiger partial charge in [-0.3, -0.25) is 0 Å². The van der Waals surface area contributed by atoms with Crippen molar-refractivity contribution in [2.24, 2.45) is 0 Å². The van der Waals surface area contributed by atoms with E-state index < -0.39 is 0 Å². The molecule has 0 saturated heterocycles. The quantitative estimate of drug-likeness (QED) is 0.685. The Balaban J connectivity index is 2.02. The molecule has 2 aromatic rings. The average molecular weight is 226 g/mol. The zero-order valence-corrected chi connectivity index (χ0v) is 9.91. The van der Waals surface area contributed by atoms with Crippen molar-refractivity contribution >= 4 is 17.8 Å². The standard InChI is InChI=1S/C15H14S/c1-2-13-7-6-8-14(11-13)12-16-15-9-4-3-5-10-15/h2-11H,1,12H2. The lowest BCUT2D eigenvalue weighted by Gasteiger charge is -2.02. The van der Waals surface area contributed by atoms with Gasteiger partial charge in [0.15, 0.2) is 0 Å². The maximum absolute atomic E-state index is 3.78. The van der Waals surface area contributed by atoms with E-state index in [-0.39, 0.29) is 0 Å². The van der Waals surface area contributed by atoms with Crippen LogP contribution in [0.1, 0.15) is 11.1 Å². The Morgan fingerprint density at radius 1 is 1.00 bits per heavy atom. The Bertz CT molecular complexity index is 460. The lowest BCUT2D eigenvalue weighted by atomic mass is 10.1. The zero-order valence-electron chi connectivity index (χ0n) is 9.10. The van der Waals surface area contributed by atoms with Gasteiger partial charge >= 0.3 is 0 Å². The number of rotatable bonds is 4. The van der Waals surface area contributed by atoms with Crippen molar-refractivity contribution in [2.45, 2.75) is 10.6 Å². The van der Waals surface area contributed by atoms with Crippen molar-refractivity contribution in [1.82, 2.24) is 0 Å². The monoisotopic (exact) mass is 226 g/mol. The van der Waals surface area contributed by atoms with Crippen LogP contribution in [0.25, 0.3) is 6.08 Å². The molecule has 80 valence electrons. The van der Waals surface area contributed by atoms with Crippen LogP contribution in [0.4, 0.5) is 0 Å². The lowest BCUT2D eigenvalue weighted by Crippen LogP contribution is -1.81. The maximum atomic E-state index is 3.78. The normalized spacial score (nSPS) is 10.0. The van der Waals surface area contributed by atoms with Gasteiger partial charge in [-0.1, -0.05) is 55.1 Å². The molecule has 0 aliphatic rings. The molecule has 0 radical (unpaired) electrons. The molecule has 2 rings (SSSR count). The number of benzene rings is 2. The second-order valence-electron chi connectivity index (χ2n) is 3.55. The Morgan fingerprint density at radius 2 is 1.81 bits per heavy atom. The summed E-state index contributed by atoms with van der Waals surface area (Å²) in [5.41, 5.74) is 2.53. The summed E-state index contributed by atoms with van der Waals surface area (Å²) in [6, 6.07) is 19.0. The molecule has 1 heteroatoms. The molecule has 0 aliphatic carbocycles. The maximum Gasteiger partial charge on any atom is 0.0232 e. The highest BCUT2D eigenvalue weighted by molar-refractivity contribution is 7.98. The second-order valence-corrected chi connectivity index (χ2v) is 4.60. The summed E-state index contributed by atoms with van der Waals surface area (Å²) < 4.78 is 0. The van der Waals surface area contributed by atoms with E-state index in [0.717, 1.165) is 5.75 Å². The SMILES string of the molecule is C=Cc1cccc(CSc2ccccc2)c1. The molecule has 0 atom stereocenters. The molecule has 0 amide bonds. The van der Waals surface area contributed by atoms with Crippen LogP contribution in [0.5, 0.6) is 0 Å². The first-order valence-electron chi connectivity index (χ1n) is 5.28. The summed E-state index contributed by atoms with van der Waals surface area (Å²) in [6.45, 7) is 3.78. The second kappa shape index (κ2) is 5.57. The number of thioether (sulfide) groups is 1. The molecule has 0 saturated carbocycles. The smallest absolute Gasteiger partial charge is 0.0232 e. The summed E-state index contributed by atoms with van der Waals surface area (Å²) in [7, 11) is 0. The van der Waals surface area contributed by atoms with Crippen LogP contribution in [0, 0.1) is 0 Å². The molecule has 0 spiro atoms.